The minimum absolute atomic E-state index is 0.148. The molecule has 2 aromatic carbocycles. The van der Waals surface area contributed by atoms with Crippen molar-refractivity contribution in [2.24, 2.45) is 11.3 Å². The Morgan fingerprint density at radius 1 is 1.21 bits per heavy atom. The van der Waals surface area contributed by atoms with Gasteiger partial charge in [-0.1, -0.05) is 18.2 Å². The van der Waals surface area contributed by atoms with Crippen molar-refractivity contribution in [1.82, 2.24) is 14.8 Å². The van der Waals surface area contributed by atoms with Crippen molar-refractivity contribution in [3.05, 3.63) is 64.6 Å². The van der Waals surface area contributed by atoms with Gasteiger partial charge in [-0.05, 0) is 80.7 Å². The van der Waals surface area contributed by atoms with Crippen LogP contribution in [0.25, 0.3) is 10.9 Å². The number of para-hydroxylation sites is 1. The average molecular weight is 533 g/mol. The third-order valence-corrected chi connectivity index (χ3v) is 11.1. The van der Waals surface area contributed by atoms with Gasteiger partial charge in [0.1, 0.15) is 5.82 Å². The SMILES string of the molecule is C[C@H](O)C12CC3C1c1cc(NC4CN(CCCF)C4)cc(F)c1[C@H]1c4[nH]c5ccccc5c4C[C@H](C)N1[C@@H]3C2. The quantitative estimate of drug-likeness (QED) is 0.400. The number of likely N-dealkylation sites (tertiary alicyclic amines) is 1. The number of fused-ring (bicyclic) bond motifs is 7. The molecule has 9 rings (SSSR count). The summed E-state index contributed by atoms with van der Waals surface area (Å²) in [5.41, 5.74) is 6.15. The lowest BCUT2D eigenvalue weighted by atomic mass is 9.55. The van der Waals surface area contributed by atoms with Crippen LogP contribution < -0.4 is 5.32 Å². The van der Waals surface area contributed by atoms with E-state index in [4.69, 9.17) is 0 Å². The van der Waals surface area contributed by atoms with E-state index in [1.807, 2.05) is 6.92 Å². The summed E-state index contributed by atoms with van der Waals surface area (Å²) < 4.78 is 29.2. The van der Waals surface area contributed by atoms with Gasteiger partial charge in [0.25, 0.3) is 0 Å². The molecule has 0 spiro atoms. The largest absolute Gasteiger partial charge is 0.393 e. The van der Waals surface area contributed by atoms with Gasteiger partial charge in [-0.3, -0.25) is 14.2 Å². The van der Waals surface area contributed by atoms with Crippen molar-refractivity contribution in [2.45, 2.75) is 75.7 Å². The second-order valence-corrected chi connectivity index (χ2v) is 13.1. The number of anilines is 1. The molecule has 7 atom stereocenters. The number of aromatic nitrogens is 1. The number of halogens is 2. The zero-order chi connectivity index (χ0) is 26.6. The number of benzene rings is 2. The third-order valence-electron chi connectivity index (χ3n) is 11.1. The first kappa shape index (κ1) is 24.3. The van der Waals surface area contributed by atoms with Crippen molar-refractivity contribution >= 4 is 16.6 Å². The van der Waals surface area contributed by atoms with E-state index in [1.165, 1.54) is 10.9 Å². The van der Waals surface area contributed by atoms with Crippen molar-refractivity contribution < 1.29 is 13.9 Å². The number of aliphatic hydroxyl groups is 1. The van der Waals surface area contributed by atoms with Crippen molar-refractivity contribution in [3.8, 4) is 0 Å². The summed E-state index contributed by atoms with van der Waals surface area (Å²) >= 11 is 0. The summed E-state index contributed by atoms with van der Waals surface area (Å²) in [5.74, 6) is 0.457. The molecule has 3 aromatic rings. The van der Waals surface area contributed by atoms with E-state index in [1.54, 1.807) is 6.07 Å². The summed E-state index contributed by atoms with van der Waals surface area (Å²) in [5, 5.41) is 15.9. The van der Waals surface area contributed by atoms with Gasteiger partial charge < -0.3 is 15.4 Å². The van der Waals surface area contributed by atoms with E-state index in [2.05, 4.69) is 57.4 Å². The van der Waals surface area contributed by atoms with Gasteiger partial charge in [0.05, 0.1) is 24.9 Å². The maximum atomic E-state index is 16.6. The lowest BCUT2D eigenvalue weighted by Crippen LogP contribution is -2.54. The monoisotopic (exact) mass is 532 g/mol. The smallest absolute Gasteiger partial charge is 0.130 e. The molecule has 3 unspecified atom stereocenters. The molecule has 3 aliphatic carbocycles. The van der Waals surface area contributed by atoms with Crippen LogP contribution in [-0.4, -0.2) is 70.4 Å². The van der Waals surface area contributed by atoms with Crippen LogP contribution in [0.4, 0.5) is 14.5 Å². The Morgan fingerprint density at radius 2 is 2.03 bits per heavy atom. The fourth-order valence-corrected chi connectivity index (χ4v) is 9.45. The second-order valence-electron chi connectivity index (χ2n) is 13.1. The standard InChI is InChI=1S/C32H38F2N4O/c1-17-10-22-21-6-3-4-7-26(21)36-30(22)31-28-23(29-24-13-32(29,18(2)39)14-27(24)38(17)31)11-19(12-25(28)34)35-20-15-37(16-20)9-5-8-33/h3-4,6-7,11-12,17-18,20,24,27,29,31,35-36,39H,5,8-10,13-16H2,1-2H3/t17-,18-,24?,27+,29?,31-,32?/m0/s1. The Bertz CT molecular complexity index is 1450. The molecule has 206 valence electrons. The molecule has 5 nitrogen and oxygen atoms in total. The maximum absolute atomic E-state index is 16.6. The molecule has 4 bridgehead atoms. The lowest BCUT2D eigenvalue weighted by molar-refractivity contribution is -0.0378. The number of aromatic amines is 1. The molecule has 4 fully saturated rings. The number of nitrogens with zero attached hydrogens (tertiary/aromatic N) is 2. The molecule has 0 radical (unpaired) electrons. The fourth-order valence-electron chi connectivity index (χ4n) is 9.45. The van der Waals surface area contributed by atoms with Crippen LogP contribution in [0.5, 0.6) is 0 Å². The van der Waals surface area contributed by atoms with Gasteiger partial charge >= 0.3 is 0 Å². The van der Waals surface area contributed by atoms with E-state index >= 15 is 4.39 Å². The van der Waals surface area contributed by atoms with Gasteiger partial charge in [-0.15, -0.1) is 0 Å². The first-order chi connectivity index (χ1) is 18.9. The Balaban J connectivity index is 1.25. The maximum Gasteiger partial charge on any atom is 0.130 e. The highest BCUT2D eigenvalue weighted by atomic mass is 19.1. The van der Waals surface area contributed by atoms with Gasteiger partial charge in [-0.25, -0.2) is 4.39 Å². The third kappa shape index (κ3) is 3.27. The van der Waals surface area contributed by atoms with Crippen molar-refractivity contribution in [2.75, 3.05) is 31.6 Å². The summed E-state index contributed by atoms with van der Waals surface area (Å²) in [7, 11) is 0. The van der Waals surface area contributed by atoms with Gasteiger partial charge in [0.15, 0.2) is 0 Å². The molecule has 3 aliphatic heterocycles. The highest BCUT2D eigenvalue weighted by Gasteiger charge is 2.70. The predicted molar refractivity (Wildman–Crippen MR) is 149 cm³/mol. The first-order valence-corrected chi connectivity index (χ1v) is 14.8. The van der Waals surface area contributed by atoms with Crippen LogP contribution >= 0.6 is 0 Å². The van der Waals surface area contributed by atoms with E-state index in [0.29, 0.717) is 18.4 Å². The number of rotatable bonds is 6. The minimum atomic E-state index is -0.424. The highest BCUT2D eigenvalue weighted by molar-refractivity contribution is 5.85. The van der Waals surface area contributed by atoms with Crippen LogP contribution in [0.3, 0.4) is 0 Å². The molecule has 3 saturated carbocycles. The number of hydrogen-bond donors (Lipinski definition) is 3. The van der Waals surface area contributed by atoms with E-state index in [9.17, 15) is 9.50 Å². The molecule has 1 saturated heterocycles. The van der Waals surface area contributed by atoms with Crippen LogP contribution in [-0.2, 0) is 6.42 Å². The summed E-state index contributed by atoms with van der Waals surface area (Å²) in [4.78, 5) is 8.59. The zero-order valence-electron chi connectivity index (χ0n) is 22.8. The van der Waals surface area contributed by atoms with Crippen LogP contribution in [0.1, 0.15) is 67.5 Å². The number of alkyl halides is 1. The number of aliphatic hydroxyl groups excluding tert-OH is 1. The first-order valence-electron chi connectivity index (χ1n) is 14.8. The molecule has 1 aromatic heterocycles. The normalized spacial score (nSPS) is 34.0. The van der Waals surface area contributed by atoms with Crippen LogP contribution in [0.15, 0.2) is 36.4 Å². The van der Waals surface area contributed by atoms with Crippen molar-refractivity contribution in [3.63, 3.8) is 0 Å². The average Bonchev–Trinajstić information content (AvgIpc) is 3.52. The Kier molecular flexibility index (Phi) is 5.31. The Labute approximate surface area is 228 Å². The van der Waals surface area contributed by atoms with Gasteiger partial charge in [0, 0.05) is 65.0 Å². The molecule has 0 amide bonds. The Hall–Kier alpha value is -2.48. The second kappa shape index (κ2) is 8.51. The summed E-state index contributed by atoms with van der Waals surface area (Å²) in [6.45, 7) is 6.46. The van der Waals surface area contributed by atoms with E-state index in [-0.39, 0.29) is 42.0 Å². The molecular formula is C32H38F2N4O. The summed E-state index contributed by atoms with van der Waals surface area (Å²) in [6, 6.07) is 13.1. The molecule has 3 N–H and O–H groups in total. The lowest BCUT2D eigenvalue weighted by Gasteiger charge is -2.50. The zero-order valence-corrected chi connectivity index (χ0v) is 22.8. The number of hydrogen-bond acceptors (Lipinski definition) is 4. The molecule has 7 heteroatoms. The molecule has 6 aliphatic rings. The summed E-state index contributed by atoms with van der Waals surface area (Å²) in [6.07, 6.45) is 3.08. The molecular weight excluding hydrogens is 494 g/mol. The van der Waals surface area contributed by atoms with E-state index < -0.39 is 6.10 Å². The Morgan fingerprint density at radius 3 is 2.82 bits per heavy atom. The minimum Gasteiger partial charge on any atom is -0.393 e. The number of nitrogens with one attached hydrogen (secondary N) is 2. The number of H-pyrrole nitrogens is 1. The predicted octanol–water partition coefficient (Wildman–Crippen LogP) is 5.36. The molecule has 4 heterocycles. The molecule has 39 heavy (non-hydrogen) atoms. The van der Waals surface area contributed by atoms with Crippen LogP contribution in [0.2, 0.25) is 0 Å². The van der Waals surface area contributed by atoms with Gasteiger partial charge in [0.2, 0.25) is 0 Å². The van der Waals surface area contributed by atoms with Crippen molar-refractivity contribution in [1.29, 1.82) is 0 Å². The van der Waals surface area contributed by atoms with E-state index in [0.717, 1.165) is 66.9 Å². The fraction of sp³-hybridized carbons (Fsp3) is 0.562. The highest BCUT2D eigenvalue weighted by Crippen LogP contribution is 2.73. The topological polar surface area (TPSA) is 54.5 Å². The van der Waals surface area contributed by atoms with Gasteiger partial charge in [-0.2, -0.15) is 0 Å². The van der Waals surface area contributed by atoms with Crippen LogP contribution in [0, 0.1) is 17.2 Å².